The molecule has 2 aromatic rings. The third kappa shape index (κ3) is 4.14. The van der Waals surface area contributed by atoms with E-state index in [0.717, 1.165) is 42.8 Å². The van der Waals surface area contributed by atoms with Crippen LogP contribution in [0.4, 0.5) is 5.95 Å². The van der Waals surface area contributed by atoms with Crippen molar-refractivity contribution in [2.24, 2.45) is 0 Å². The van der Waals surface area contributed by atoms with Crippen molar-refractivity contribution in [1.82, 2.24) is 20.2 Å². The highest BCUT2D eigenvalue weighted by Gasteiger charge is 2.06. The standard InChI is InChI=1S/C16H24N6/c1-4-22(5-2)11-10-18-15(17)21-16-19-12(3)13-8-6-7-9-14(13)20-16/h6-9H,4-5,10-11H2,1-3H3,(H3,17,18,19,20,21). The van der Waals surface area contributed by atoms with Crippen molar-refractivity contribution < 1.29 is 0 Å². The third-order valence-electron chi connectivity index (χ3n) is 3.65. The molecule has 118 valence electrons. The molecule has 1 aromatic heterocycles. The highest BCUT2D eigenvalue weighted by atomic mass is 15.2. The molecule has 0 bridgehead atoms. The summed E-state index contributed by atoms with van der Waals surface area (Å²) in [5, 5.41) is 14.9. The summed E-state index contributed by atoms with van der Waals surface area (Å²) in [6, 6.07) is 7.88. The number of benzene rings is 1. The van der Waals surface area contributed by atoms with Crippen LogP contribution in [-0.2, 0) is 0 Å². The first kappa shape index (κ1) is 16.2. The van der Waals surface area contributed by atoms with E-state index in [0.29, 0.717) is 5.95 Å². The molecule has 0 aliphatic heterocycles. The first-order valence-corrected chi connectivity index (χ1v) is 7.69. The molecule has 0 fully saturated rings. The second-order valence-corrected chi connectivity index (χ2v) is 5.10. The Morgan fingerprint density at radius 2 is 1.91 bits per heavy atom. The molecule has 1 aromatic carbocycles. The Bertz CT molecular complexity index is 636. The van der Waals surface area contributed by atoms with E-state index in [1.165, 1.54) is 0 Å². The van der Waals surface area contributed by atoms with E-state index < -0.39 is 0 Å². The van der Waals surface area contributed by atoms with Crippen LogP contribution in [0, 0.1) is 12.3 Å². The number of anilines is 1. The molecule has 0 spiro atoms. The second kappa shape index (κ2) is 7.70. The number of fused-ring (bicyclic) bond motifs is 1. The van der Waals surface area contributed by atoms with Gasteiger partial charge in [-0.25, -0.2) is 9.97 Å². The van der Waals surface area contributed by atoms with Gasteiger partial charge in [0.2, 0.25) is 5.95 Å². The molecule has 0 aliphatic carbocycles. The molecule has 0 unspecified atom stereocenters. The van der Waals surface area contributed by atoms with Gasteiger partial charge in [0.1, 0.15) is 0 Å². The van der Waals surface area contributed by atoms with Crippen LogP contribution >= 0.6 is 0 Å². The summed E-state index contributed by atoms with van der Waals surface area (Å²) >= 11 is 0. The number of aryl methyl sites for hydroxylation is 1. The van der Waals surface area contributed by atoms with Crippen molar-refractivity contribution in [2.75, 3.05) is 31.5 Å². The molecule has 22 heavy (non-hydrogen) atoms. The summed E-state index contributed by atoms with van der Waals surface area (Å²) in [5.74, 6) is 0.679. The van der Waals surface area contributed by atoms with Crippen molar-refractivity contribution in [2.45, 2.75) is 20.8 Å². The first-order chi connectivity index (χ1) is 10.6. The molecule has 0 amide bonds. The van der Waals surface area contributed by atoms with Gasteiger partial charge in [0.05, 0.1) is 11.2 Å². The minimum absolute atomic E-state index is 0.224. The third-order valence-corrected chi connectivity index (χ3v) is 3.65. The normalized spacial score (nSPS) is 10.9. The van der Waals surface area contributed by atoms with Crippen LogP contribution in [0.1, 0.15) is 19.5 Å². The number of hydrogen-bond acceptors (Lipinski definition) is 4. The minimum atomic E-state index is 0.224. The summed E-state index contributed by atoms with van der Waals surface area (Å²) in [6.45, 7) is 9.90. The fourth-order valence-electron chi connectivity index (χ4n) is 2.33. The number of aromatic nitrogens is 2. The molecule has 0 saturated heterocycles. The van der Waals surface area contributed by atoms with E-state index in [-0.39, 0.29) is 5.96 Å². The highest BCUT2D eigenvalue weighted by molar-refractivity contribution is 5.91. The number of rotatable bonds is 6. The first-order valence-electron chi connectivity index (χ1n) is 7.69. The van der Waals surface area contributed by atoms with Crippen LogP contribution in [0.5, 0.6) is 0 Å². The van der Waals surface area contributed by atoms with Gasteiger partial charge in [-0.3, -0.25) is 10.7 Å². The SMILES string of the molecule is CCN(CC)CCNC(=N)Nc1nc(C)c2ccccc2n1. The molecule has 0 aliphatic rings. The highest BCUT2D eigenvalue weighted by Crippen LogP contribution is 2.16. The molecular formula is C16H24N6. The fraction of sp³-hybridized carbons (Fsp3) is 0.438. The second-order valence-electron chi connectivity index (χ2n) is 5.10. The van der Waals surface area contributed by atoms with Gasteiger partial charge in [0.25, 0.3) is 0 Å². The average molecular weight is 300 g/mol. The molecule has 0 radical (unpaired) electrons. The van der Waals surface area contributed by atoms with Crippen LogP contribution in [0.2, 0.25) is 0 Å². The number of nitrogens with zero attached hydrogens (tertiary/aromatic N) is 3. The van der Waals surface area contributed by atoms with Gasteiger partial charge in [-0.2, -0.15) is 0 Å². The number of hydrogen-bond donors (Lipinski definition) is 3. The van der Waals surface area contributed by atoms with Crippen molar-refractivity contribution in [3.05, 3.63) is 30.0 Å². The topological polar surface area (TPSA) is 76.9 Å². The number of para-hydroxylation sites is 1. The Balaban J connectivity index is 1.94. The maximum absolute atomic E-state index is 7.94. The zero-order valence-electron chi connectivity index (χ0n) is 13.5. The van der Waals surface area contributed by atoms with Crippen LogP contribution < -0.4 is 10.6 Å². The molecule has 1 heterocycles. The Morgan fingerprint density at radius 1 is 1.18 bits per heavy atom. The molecule has 6 heteroatoms. The lowest BCUT2D eigenvalue weighted by Gasteiger charge is -2.18. The monoisotopic (exact) mass is 300 g/mol. The largest absolute Gasteiger partial charge is 0.355 e. The van der Waals surface area contributed by atoms with Crippen LogP contribution in [-0.4, -0.2) is 47.0 Å². The lowest BCUT2D eigenvalue weighted by Crippen LogP contribution is -2.37. The fourth-order valence-corrected chi connectivity index (χ4v) is 2.33. The van der Waals surface area contributed by atoms with E-state index in [9.17, 15) is 0 Å². The van der Waals surface area contributed by atoms with Gasteiger partial charge in [-0.1, -0.05) is 32.0 Å². The summed E-state index contributed by atoms with van der Waals surface area (Å²) in [6.07, 6.45) is 0. The zero-order chi connectivity index (χ0) is 15.9. The van der Waals surface area contributed by atoms with Gasteiger partial charge in [-0.15, -0.1) is 0 Å². The molecule has 6 nitrogen and oxygen atoms in total. The molecule has 0 saturated carbocycles. The Labute approximate surface area is 131 Å². The van der Waals surface area contributed by atoms with E-state index in [2.05, 4.69) is 39.3 Å². The predicted molar refractivity (Wildman–Crippen MR) is 91.4 cm³/mol. The van der Waals surface area contributed by atoms with E-state index in [1.807, 2.05) is 31.2 Å². The van der Waals surface area contributed by atoms with Crippen molar-refractivity contribution >= 4 is 22.8 Å². The Morgan fingerprint density at radius 3 is 2.64 bits per heavy atom. The Kier molecular flexibility index (Phi) is 5.66. The van der Waals surface area contributed by atoms with E-state index in [1.54, 1.807) is 0 Å². The summed E-state index contributed by atoms with van der Waals surface area (Å²) in [5.41, 5.74) is 1.79. The van der Waals surface area contributed by atoms with Crippen LogP contribution in [0.15, 0.2) is 24.3 Å². The lowest BCUT2D eigenvalue weighted by atomic mass is 10.2. The molecular weight excluding hydrogens is 276 g/mol. The minimum Gasteiger partial charge on any atom is -0.355 e. The number of likely N-dealkylation sites (N-methyl/N-ethyl adjacent to an activating group) is 1. The van der Waals surface area contributed by atoms with Crippen molar-refractivity contribution in [3.8, 4) is 0 Å². The smallest absolute Gasteiger partial charge is 0.230 e. The molecule has 0 atom stereocenters. The lowest BCUT2D eigenvalue weighted by molar-refractivity contribution is 0.308. The molecule has 3 N–H and O–H groups in total. The summed E-state index contributed by atoms with van der Waals surface area (Å²) in [7, 11) is 0. The summed E-state index contributed by atoms with van der Waals surface area (Å²) in [4.78, 5) is 11.1. The average Bonchev–Trinajstić information content (AvgIpc) is 2.51. The van der Waals surface area contributed by atoms with Crippen LogP contribution in [0.3, 0.4) is 0 Å². The van der Waals surface area contributed by atoms with Gasteiger partial charge < -0.3 is 10.2 Å². The van der Waals surface area contributed by atoms with Gasteiger partial charge in [0.15, 0.2) is 5.96 Å². The predicted octanol–water partition coefficient (Wildman–Crippen LogP) is 2.22. The van der Waals surface area contributed by atoms with Gasteiger partial charge in [0, 0.05) is 18.5 Å². The number of nitrogens with one attached hydrogen (secondary N) is 3. The maximum atomic E-state index is 7.94. The molecule has 2 rings (SSSR count). The van der Waals surface area contributed by atoms with Gasteiger partial charge in [-0.05, 0) is 26.1 Å². The van der Waals surface area contributed by atoms with Crippen molar-refractivity contribution in [1.29, 1.82) is 5.41 Å². The maximum Gasteiger partial charge on any atom is 0.230 e. The quantitative estimate of drug-likeness (QED) is 0.563. The Hall–Kier alpha value is -2.21. The van der Waals surface area contributed by atoms with Crippen molar-refractivity contribution in [3.63, 3.8) is 0 Å². The van der Waals surface area contributed by atoms with E-state index >= 15 is 0 Å². The van der Waals surface area contributed by atoms with Gasteiger partial charge >= 0.3 is 0 Å². The summed E-state index contributed by atoms with van der Waals surface area (Å²) < 4.78 is 0. The van der Waals surface area contributed by atoms with Crippen LogP contribution in [0.25, 0.3) is 10.9 Å². The van der Waals surface area contributed by atoms with E-state index in [4.69, 9.17) is 5.41 Å². The number of guanidine groups is 1. The zero-order valence-corrected chi connectivity index (χ0v) is 13.5.